The molecule has 0 saturated carbocycles. The van der Waals surface area contributed by atoms with E-state index in [4.69, 9.17) is 4.74 Å². The number of hydrogen-bond acceptors (Lipinski definition) is 3. The van der Waals surface area contributed by atoms with Gasteiger partial charge in [0.15, 0.2) is 0 Å². The van der Waals surface area contributed by atoms with Crippen molar-refractivity contribution in [1.29, 1.82) is 0 Å². The van der Waals surface area contributed by atoms with Crippen molar-refractivity contribution < 1.29 is 4.74 Å². The number of nitrogens with zero attached hydrogens (tertiary/aromatic N) is 2. The maximum absolute atomic E-state index is 5.25. The Balaban J connectivity index is 1.81. The lowest BCUT2D eigenvalue weighted by Crippen LogP contribution is -2.14. The first kappa shape index (κ1) is 13.0. The Kier molecular flexibility index (Phi) is 3.07. The van der Waals surface area contributed by atoms with E-state index in [2.05, 4.69) is 51.3 Å². The Morgan fingerprint density at radius 1 is 1.14 bits per heavy atom. The molecular formula is C18H17N3O. The van der Waals surface area contributed by atoms with E-state index in [-0.39, 0.29) is 6.04 Å². The molecule has 4 heteroatoms. The monoisotopic (exact) mass is 291 g/mol. The summed E-state index contributed by atoms with van der Waals surface area (Å²) in [6.45, 7) is 0.838. The summed E-state index contributed by atoms with van der Waals surface area (Å²) in [6, 6.07) is 16.6. The van der Waals surface area contributed by atoms with Gasteiger partial charge in [0, 0.05) is 18.1 Å². The Morgan fingerprint density at radius 3 is 2.77 bits per heavy atom. The summed E-state index contributed by atoms with van der Waals surface area (Å²) in [7, 11) is 1.68. The lowest BCUT2D eigenvalue weighted by molar-refractivity contribution is 0.414. The van der Waals surface area contributed by atoms with Crippen LogP contribution in [0.4, 0.5) is 5.69 Å². The van der Waals surface area contributed by atoms with Gasteiger partial charge in [-0.05, 0) is 29.3 Å². The molecule has 0 bridgehead atoms. The number of fused-ring (bicyclic) bond motifs is 2. The predicted octanol–water partition coefficient (Wildman–Crippen LogP) is 3.45. The summed E-state index contributed by atoms with van der Waals surface area (Å²) in [5.41, 5.74) is 3.61. The van der Waals surface area contributed by atoms with Crippen LogP contribution in [-0.2, 0) is 6.54 Å². The molecule has 1 aromatic heterocycles. The Labute approximate surface area is 129 Å². The molecule has 1 N–H and O–H groups in total. The lowest BCUT2D eigenvalue weighted by atomic mass is 10.1. The van der Waals surface area contributed by atoms with Gasteiger partial charge in [-0.2, -0.15) is 0 Å². The summed E-state index contributed by atoms with van der Waals surface area (Å²) in [5, 5.41) is 3.63. The van der Waals surface area contributed by atoms with Crippen LogP contribution in [0.25, 0.3) is 0 Å². The Hall–Kier alpha value is -2.75. The largest absolute Gasteiger partial charge is 0.497 e. The van der Waals surface area contributed by atoms with E-state index in [9.17, 15) is 0 Å². The highest BCUT2D eigenvalue weighted by Crippen LogP contribution is 2.32. The first-order valence-electron chi connectivity index (χ1n) is 7.34. The van der Waals surface area contributed by atoms with Gasteiger partial charge < -0.3 is 14.6 Å². The standard InChI is InChI=1S/C18H17N3O/c1-22-15-8-6-13(7-9-15)17-18-19-10-11-21(18)12-14-4-2-3-5-16(14)20-17/h2-11,17,20H,12H2,1H3. The first-order chi connectivity index (χ1) is 10.8. The van der Waals surface area contributed by atoms with E-state index < -0.39 is 0 Å². The number of hydrogen-bond donors (Lipinski definition) is 1. The lowest BCUT2D eigenvalue weighted by Gasteiger charge is -2.18. The van der Waals surface area contributed by atoms with E-state index in [1.807, 2.05) is 24.5 Å². The van der Waals surface area contributed by atoms with Crippen LogP contribution in [0.5, 0.6) is 5.75 Å². The highest BCUT2D eigenvalue weighted by molar-refractivity contribution is 5.55. The van der Waals surface area contributed by atoms with Crippen LogP contribution in [0.2, 0.25) is 0 Å². The maximum Gasteiger partial charge on any atom is 0.136 e. The highest BCUT2D eigenvalue weighted by Gasteiger charge is 2.23. The molecule has 0 aliphatic carbocycles. The molecule has 0 spiro atoms. The number of imidazole rings is 1. The van der Waals surface area contributed by atoms with Crippen LogP contribution < -0.4 is 10.1 Å². The van der Waals surface area contributed by atoms with Crippen molar-refractivity contribution in [3.63, 3.8) is 0 Å². The third-order valence-electron chi connectivity index (χ3n) is 4.11. The average molecular weight is 291 g/mol. The fourth-order valence-corrected chi connectivity index (χ4v) is 2.95. The van der Waals surface area contributed by atoms with Gasteiger partial charge in [0.05, 0.1) is 13.7 Å². The first-order valence-corrected chi connectivity index (χ1v) is 7.34. The molecular weight excluding hydrogens is 274 g/mol. The molecule has 2 heterocycles. The average Bonchev–Trinajstić information content (AvgIpc) is 2.96. The minimum Gasteiger partial charge on any atom is -0.497 e. The molecule has 1 atom stereocenters. The number of nitrogens with one attached hydrogen (secondary N) is 1. The third-order valence-corrected chi connectivity index (χ3v) is 4.11. The van der Waals surface area contributed by atoms with Crippen LogP contribution in [0.3, 0.4) is 0 Å². The van der Waals surface area contributed by atoms with Crippen LogP contribution >= 0.6 is 0 Å². The van der Waals surface area contributed by atoms with Crippen molar-refractivity contribution in [2.45, 2.75) is 12.6 Å². The number of methoxy groups -OCH3 is 1. The molecule has 0 saturated heterocycles. The van der Waals surface area contributed by atoms with Gasteiger partial charge in [0.2, 0.25) is 0 Å². The predicted molar refractivity (Wildman–Crippen MR) is 86.2 cm³/mol. The normalized spacial score (nSPS) is 16.1. The van der Waals surface area contributed by atoms with Gasteiger partial charge in [0.1, 0.15) is 17.6 Å². The molecule has 22 heavy (non-hydrogen) atoms. The minimum absolute atomic E-state index is 0.0320. The summed E-state index contributed by atoms with van der Waals surface area (Å²) >= 11 is 0. The number of rotatable bonds is 2. The van der Waals surface area contributed by atoms with Crippen LogP contribution in [0, 0.1) is 0 Å². The smallest absolute Gasteiger partial charge is 0.136 e. The topological polar surface area (TPSA) is 39.1 Å². The van der Waals surface area contributed by atoms with Gasteiger partial charge in [-0.1, -0.05) is 30.3 Å². The highest BCUT2D eigenvalue weighted by atomic mass is 16.5. The molecule has 1 aliphatic rings. The van der Waals surface area contributed by atoms with Crippen molar-refractivity contribution in [2.24, 2.45) is 0 Å². The molecule has 1 unspecified atom stereocenters. The fourth-order valence-electron chi connectivity index (χ4n) is 2.95. The molecule has 4 nitrogen and oxygen atoms in total. The molecule has 0 amide bonds. The molecule has 1 aliphatic heterocycles. The number of anilines is 1. The fraction of sp³-hybridized carbons (Fsp3) is 0.167. The molecule has 110 valence electrons. The summed E-state index contributed by atoms with van der Waals surface area (Å²) < 4.78 is 7.45. The van der Waals surface area contributed by atoms with E-state index in [1.165, 1.54) is 11.1 Å². The van der Waals surface area contributed by atoms with Crippen molar-refractivity contribution in [2.75, 3.05) is 12.4 Å². The molecule has 4 rings (SSSR count). The van der Waals surface area contributed by atoms with Gasteiger partial charge >= 0.3 is 0 Å². The Bertz CT molecular complexity index is 792. The van der Waals surface area contributed by atoms with Crippen LogP contribution in [0.1, 0.15) is 23.0 Å². The second kappa shape index (κ2) is 5.22. The van der Waals surface area contributed by atoms with Crippen molar-refractivity contribution in [1.82, 2.24) is 9.55 Å². The van der Waals surface area contributed by atoms with Gasteiger partial charge in [-0.15, -0.1) is 0 Å². The van der Waals surface area contributed by atoms with Gasteiger partial charge in [-0.25, -0.2) is 4.98 Å². The molecule has 0 radical (unpaired) electrons. The zero-order chi connectivity index (χ0) is 14.9. The zero-order valence-corrected chi connectivity index (χ0v) is 12.4. The molecule has 0 fully saturated rings. The minimum atomic E-state index is 0.0320. The number of para-hydroxylation sites is 1. The van der Waals surface area contributed by atoms with Crippen molar-refractivity contribution in [3.8, 4) is 5.75 Å². The number of aromatic nitrogens is 2. The van der Waals surface area contributed by atoms with Gasteiger partial charge in [0.25, 0.3) is 0 Å². The van der Waals surface area contributed by atoms with E-state index in [1.54, 1.807) is 7.11 Å². The second-order valence-electron chi connectivity index (χ2n) is 5.42. The van der Waals surface area contributed by atoms with E-state index in [0.29, 0.717) is 0 Å². The number of ether oxygens (including phenoxy) is 1. The SMILES string of the molecule is COc1ccc(C2Nc3ccccc3Cn3ccnc32)cc1. The van der Waals surface area contributed by atoms with E-state index in [0.717, 1.165) is 23.8 Å². The maximum atomic E-state index is 5.25. The summed E-state index contributed by atoms with van der Waals surface area (Å²) in [5.74, 6) is 1.89. The number of benzene rings is 2. The van der Waals surface area contributed by atoms with Crippen molar-refractivity contribution >= 4 is 5.69 Å². The van der Waals surface area contributed by atoms with Crippen LogP contribution in [-0.4, -0.2) is 16.7 Å². The zero-order valence-electron chi connectivity index (χ0n) is 12.4. The quantitative estimate of drug-likeness (QED) is 0.786. The second-order valence-corrected chi connectivity index (χ2v) is 5.42. The Morgan fingerprint density at radius 2 is 1.95 bits per heavy atom. The van der Waals surface area contributed by atoms with Crippen molar-refractivity contribution in [3.05, 3.63) is 77.9 Å². The molecule has 2 aromatic carbocycles. The third kappa shape index (κ3) is 2.13. The molecule has 3 aromatic rings. The summed E-state index contributed by atoms with van der Waals surface area (Å²) in [4.78, 5) is 4.57. The van der Waals surface area contributed by atoms with Gasteiger partial charge in [-0.3, -0.25) is 0 Å². The van der Waals surface area contributed by atoms with E-state index >= 15 is 0 Å². The van der Waals surface area contributed by atoms with Crippen LogP contribution in [0.15, 0.2) is 60.9 Å². The summed E-state index contributed by atoms with van der Waals surface area (Å²) in [6.07, 6.45) is 3.90.